The van der Waals surface area contributed by atoms with Gasteiger partial charge in [0.1, 0.15) is 11.5 Å². The van der Waals surface area contributed by atoms with E-state index in [-0.39, 0.29) is 11.6 Å². The molecule has 3 atom stereocenters. The van der Waals surface area contributed by atoms with Crippen LogP contribution in [0.5, 0.6) is 0 Å². The number of halogens is 2. The molecule has 5 nitrogen and oxygen atoms in total. The molecule has 1 amide bonds. The molecule has 1 aromatic heterocycles. The lowest BCUT2D eigenvalue weighted by molar-refractivity contribution is 0.0757. The zero-order valence-corrected chi connectivity index (χ0v) is 13.5. The third-order valence-electron chi connectivity index (χ3n) is 5.55. The molecule has 130 valence electrons. The number of aliphatic hydroxyl groups is 1. The molecular formula is C18H17F2N3O2. The topological polar surface area (TPSA) is 58.4 Å². The minimum absolute atomic E-state index is 0.172. The van der Waals surface area contributed by atoms with Crippen LogP contribution in [-0.2, 0) is 6.42 Å². The van der Waals surface area contributed by atoms with E-state index in [1.165, 1.54) is 16.8 Å². The van der Waals surface area contributed by atoms with E-state index in [4.69, 9.17) is 0 Å². The lowest BCUT2D eigenvalue weighted by atomic mass is 10.1. The van der Waals surface area contributed by atoms with Gasteiger partial charge in [0.05, 0.1) is 11.8 Å². The third kappa shape index (κ3) is 2.22. The van der Waals surface area contributed by atoms with Gasteiger partial charge in [0, 0.05) is 30.6 Å². The number of β-amino-alcohol motifs (C(OH)–C–C–N with tert-alkyl or cyclic N) is 1. The van der Waals surface area contributed by atoms with Crippen molar-refractivity contribution in [3.63, 3.8) is 0 Å². The normalized spacial score (nSPS) is 26.7. The number of hydrogen-bond acceptors (Lipinski definition) is 3. The number of carbonyl (C=O) groups excluding carboxylic acids is 1. The first-order valence-electron chi connectivity index (χ1n) is 8.57. The molecule has 2 aromatic rings. The summed E-state index contributed by atoms with van der Waals surface area (Å²) in [6.45, 7) is 0.803. The van der Waals surface area contributed by atoms with Crippen molar-refractivity contribution >= 4 is 5.91 Å². The summed E-state index contributed by atoms with van der Waals surface area (Å²) in [5, 5.41) is 14.1. The summed E-state index contributed by atoms with van der Waals surface area (Å²) in [7, 11) is 0. The first kappa shape index (κ1) is 15.0. The highest BCUT2D eigenvalue weighted by Crippen LogP contribution is 2.57. The van der Waals surface area contributed by atoms with Crippen LogP contribution in [0.15, 0.2) is 18.2 Å². The predicted octanol–water partition coefficient (Wildman–Crippen LogP) is 2.02. The molecule has 2 heterocycles. The van der Waals surface area contributed by atoms with Gasteiger partial charge in [-0.1, -0.05) is 0 Å². The predicted molar refractivity (Wildman–Crippen MR) is 84.6 cm³/mol. The number of benzene rings is 1. The second kappa shape index (κ2) is 5.11. The van der Waals surface area contributed by atoms with Gasteiger partial charge in [-0.05, 0) is 37.3 Å². The quantitative estimate of drug-likeness (QED) is 0.906. The molecule has 1 saturated carbocycles. The maximum Gasteiger partial charge on any atom is 0.274 e. The highest BCUT2D eigenvalue weighted by Gasteiger charge is 2.50. The van der Waals surface area contributed by atoms with Gasteiger partial charge in [-0.25, -0.2) is 13.5 Å². The standard InChI is InChI=1S/C18H17F2N3O2/c19-10-1-2-15(14(20)7-10)23-17-12-5-9(12)6-13(17)16(21-23)18(25)22-4-3-11(24)8-22/h1-2,7,9,11-12,24H,3-6,8H2/t9-,11+,12-/m1/s1. The first-order valence-corrected chi connectivity index (χ1v) is 8.57. The van der Waals surface area contributed by atoms with E-state index in [2.05, 4.69) is 5.10 Å². The molecular weight excluding hydrogens is 328 g/mol. The number of hydrogen-bond donors (Lipinski definition) is 1. The number of aliphatic hydroxyl groups excluding tert-OH is 1. The summed E-state index contributed by atoms with van der Waals surface area (Å²) in [5.41, 5.74) is 2.29. The van der Waals surface area contributed by atoms with E-state index < -0.39 is 17.7 Å². The molecule has 2 aliphatic carbocycles. The van der Waals surface area contributed by atoms with Crippen LogP contribution >= 0.6 is 0 Å². The average molecular weight is 345 g/mol. The highest BCUT2D eigenvalue weighted by molar-refractivity contribution is 5.94. The summed E-state index contributed by atoms with van der Waals surface area (Å²) in [6.07, 6.45) is 1.87. The van der Waals surface area contributed by atoms with Crippen molar-refractivity contribution in [1.82, 2.24) is 14.7 Å². The van der Waals surface area contributed by atoms with Crippen LogP contribution in [0.3, 0.4) is 0 Å². The van der Waals surface area contributed by atoms with Crippen molar-refractivity contribution in [2.24, 2.45) is 5.92 Å². The summed E-state index contributed by atoms with van der Waals surface area (Å²) < 4.78 is 29.0. The van der Waals surface area contributed by atoms with E-state index in [9.17, 15) is 18.7 Å². The zero-order chi connectivity index (χ0) is 17.3. The van der Waals surface area contributed by atoms with E-state index in [0.717, 1.165) is 30.2 Å². The Balaban J connectivity index is 1.60. The Morgan fingerprint density at radius 2 is 2.16 bits per heavy atom. The number of nitrogens with zero attached hydrogens (tertiary/aromatic N) is 3. The molecule has 1 aromatic carbocycles. The maximum atomic E-state index is 14.3. The number of carbonyl (C=O) groups is 1. The number of amides is 1. The Kier molecular flexibility index (Phi) is 3.07. The third-order valence-corrected chi connectivity index (χ3v) is 5.55. The molecule has 0 unspecified atom stereocenters. The number of fused-ring (bicyclic) bond motifs is 3. The molecule has 2 fully saturated rings. The lowest BCUT2D eigenvalue weighted by Crippen LogP contribution is -2.30. The van der Waals surface area contributed by atoms with Crippen molar-refractivity contribution in [3.8, 4) is 5.69 Å². The fraction of sp³-hybridized carbons (Fsp3) is 0.444. The minimum Gasteiger partial charge on any atom is -0.391 e. The monoisotopic (exact) mass is 345 g/mol. The van der Waals surface area contributed by atoms with E-state index in [0.29, 0.717) is 37.0 Å². The number of rotatable bonds is 2. The molecule has 0 radical (unpaired) electrons. The van der Waals surface area contributed by atoms with Gasteiger partial charge < -0.3 is 10.0 Å². The van der Waals surface area contributed by atoms with Gasteiger partial charge in [-0.3, -0.25) is 4.79 Å². The van der Waals surface area contributed by atoms with Gasteiger partial charge in [-0.2, -0.15) is 5.10 Å². The van der Waals surface area contributed by atoms with E-state index in [1.807, 2.05) is 0 Å². The Morgan fingerprint density at radius 3 is 2.88 bits per heavy atom. The van der Waals surface area contributed by atoms with Crippen LogP contribution in [-0.4, -0.2) is 44.9 Å². The molecule has 25 heavy (non-hydrogen) atoms. The zero-order valence-electron chi connectivity index (χ0n) is 13.5. The van der Waals surface area contributed by atoms with Crippen LogP contribution in [0.25, 0.3) is 5.69 Å². The van der Waals surface area contributed by atoms with Crippen LogP contribution < -0.4 is 0 Å². The van der Waals surface area contributed by atoms with E-state index >= 15 is 0 Å². The molecule has 7 heteroatoms. The first-order chi connectivity index (χ1) is 12.0. The van der Waals surface area contributed by atoms with Crippen molar-refractivity contribution in [2.45, 2.75) is 31.3 Å². The fourth-order valence-corrected chi connectivity index (χ4v) is 4.20. The second-order valence-corrected chi connectivity index (χ2v) is 7.22. The molecule has 3 aliphatic rings. The Labute approximate surface area is 142 Å². The Bertz CT molecular complexity index is 895. The summed E-state index contributed by atoms with van der Waals surface area (Å²) >= 11 is 0. The summed E-state index contributed by atoms with van der Waals surface area (Å²) in [5.74, 6) is -0.742. The summed E-state index contributed by atoms with van der Waals surface area (Å²) in [4.78, 5) is 14.4. The van der Waals surface area contributed by atoms with Crippen molar-refractivity contribution in [2.75, 3.05) is 13.1 Å². The molecule has 0 spiro atoms. The average Bonchev–Trinajstić information content (AvgIpc) is 2.93. The smallest absolute Gasteiger partial charge is 0.274 e. The van der Waals surface area contributed by atoms with E-state index in [1.54, 1.807) is 4.90 Å². The Morgan fingerprint density at radius 1 is 1.32 bits per heavy atom. The number of likely N-dealkylation sites (tertiary alicyclic amines) is 1. The van der Waals surface area contributed by atoms with Gasteiger partial charge in [0.2, 0.25) is 0 Å². The van der Waals surface area contributed by atoms with Crippen molar-refractivity contribution in [3.05, 3.63) is 46.8 Å². The minimum atomic E-state index is -0.690. The lowest BCUT2D eigenvalue weighted by Gasteiger charge is -2.14. The van der Waals surface area contributed by atoms with Crippen molar-refractivity contribution in [1.29, 1.82) is 0 Å². The van der Waals surface area contributed by atoms with Crippen molar-refractivity contribution < 1.29 is 18.7 Å². The number of aromatic nitrogens is 2. The maximum absolute atomic E-state index is 14.3. The second-order valence-electron chi connectivity index (χ2n) is 7.22. The molecule has 0 bridgehead atoms. The fourth-order valence-electron chi connectivity index (χ4n) is 4.20. The molecule has 1 saturated heterocycles. The van der Waals surface area contributed by atoms with Gasteiger partial charge >= 0.3 is 0 Å². The van der Waals surface area contributed by atoms with Gasteiger partial charge in [0.15, 0.2) is 11.5 Å². The molecule has 1 N–H and O–H groups in total. The summed E-state index contributed by atoms with van der Waals surface area (Å²) in [6, 6.07) is 3.40. The van der Waals surface area contributed by atoms with Crippen LogP contribution in [0.4, 0.5) is 8.78 Å². The molecule has 5 rings (SSSR count). The van der Waals surface area contributed by atoms with Crippen LogP contribution in [0.1, 0.15) is 40.5 Å². The SMILES string of the molecule is O=C(c1nn(-c2ccc(F)cc2F)c2c1C[C@H]1C[C@@H]21)N1CC[C@H](O)C1. The molecule has 1 aliphatic heterocycles. The highest BCUT2D eigenvalue weighted by atomic mass is 19.1. The van der Waals surface area contributed by atoms with Gasteiger partial charge in [-0.15, -0.1) is 0 Å². The van der Waals surface area contributed by atoms with Crippen LogP contribution in [0, 0.1) is 17.6 Å². The van der Waals surface area contributed by atoms with Gasteiger partial charge in [0.25, 0.3) is 5.91 Å². The van der Waals surface area contributed by atoms with Crippen LogP contribution in [0.2, 0.25) is 0 Å². The largest absolute Gasteiger partial charge is 0.391 e. The Hall–Kier alpha value is -2.28.